The summed E-state index contributed by atoms with van der Waals surface area (Å²) in [4.78, 5) is 11.4. The molecule has 0 aliphatic heterocycles. The maximum atomic E-state index is 13.1. The van der Waals surface area contributed by atoms with Crippen LogP contribution in [0.4, 0.5) is 4.39 Å². The molecular formula is C13H17FO4. The van der Waals surface area contributed by atoms with Crippen molar-refractivity contribution in [3.63, 3.8) is 0 Å². The second kappa shape index (κ2) is 6.35. The normalized spacial score (nSPS) is 13.8. The predicted octanol–water partition coefficient (Wildman–Crippen LogP) is 2.21. The smallest absolute Gasteiger partial charge is 0.347 e. The Morgan fingerprint density at radius 2 is 2.11 bits per heavy atom. The maximum absolute atomic E-state index is 13.1. The van der Waals surface area contributed by atoms with E-state index in [0.29, 0.717) is 5.56 Å². The van der Waals surface area contributed by atoms with Gasteiger partial charge in [-0.25, -0.2) is 9.18 Å². The number of aliphatic hydroxyl groups excluding tert-OH is 1. The fourth-order valence-electron chi connectivity index (χ4n) is 1.45. The first kappa shape index (κ1) is 14.4. The quantitative estimate of drug-likeness (QED) is 0.821. The number of halogens is 1. The summed E-state index contributed by atoms with van der Waals surface area (Å²) in [6.45, 7) is 4.98. The lowest BCUT2D eigenvalue weighted by molar-refractivity contribution is -0.150. The van der Waals surface area contributed by atoms with Crippen molar-refractivity contribution in [2.24, 2.45) is 0 Å². The van der Waals surface area contributed by atoms with Crippen molar-refractivity contribution in [1.82, 2.24) is 0 Å². The van der Waals surface area contributed by atoms with Gasteiger partial charge in [-0.3, -0.25) is 0 Å². The average Bonchev–Trinajstić information content (AvgIpc) is 2.28. The van der Waals surface area contributed by atoms with Gasteiger partial charge in [-0.1, -0.05) is 0 Å². The molecule has 0 aromatic heterocycles. The molecule has 2 atom stereocenters. The van der Waals surface area contributed by atoms with Crippen LogP contribution in [0.15, 0.2) is 18.2 Å². The third-order valence-electron chi connectivity index (χ3n) is 2.35. The van der Waals surface area contributed by atoms with Gasteiger partial charge in [0.05, 0.1) is 12.7 Å². The van der Waals surface area contributed by atoms with E-state index < -0.39 is 24.0 Å². The van der Waals surface area contributed by atoms with Crippen LogP contribution in [0.5, 0.6) is 5.75 Å². The minimum Gasteiger partial charge on any atom is -0.479 e. The zero-order valence-electron chi connectivity index (χ0n) is 10.6. The number of carbonyl (C=O) groups is 1. The number of ether oxygens (including phenoxy) is 2. The van der Waals surface area contributed by atoms with Gasteiger partial charge in [-0.2, -0.15) is 0 Å². The minimum absolute atomic E-state index is 0.144. The Balaban J connectivity index is 2.88. The number of carbonyl (C=O) groups excluding carboxylic acids is 1. The summed E-state index contributed by atoms with van der Waals surface area (Å²) < 4.78 is 23.2. The van der Waals surface area contributed by atoms with E-state index >= 15 is 0 Å². The lowest BCUT2D eigenvalue weighted by Crippen LogP contribution is -2.26. The summed E-state index contributed by atoms with van der Waals surface area (Å²) in [5.41, 5.74) is 0.424. The molecule has 0 heterocycles. The van der Waals surface area contributed by atoms with Crippen molar-refractivity contribution in [1.29, 1.82) is 0 Å². The van der Waals surface area contributed by atoms with Crippen molar-refractivity contribution in [2.45, 2.75) is 33.0 Å². The SMILES string of the molecule is CCOC(=O)C(C)Oc1cc(F)ccc1C(C)O. The summed E-state index contributed by atoms with van der Waals surface area (Å²) in [7, 11) is 0. The largest absolute Gasteiger partial charge is 0.479 e. The number of hydrogen-bond acceptors (Lipinski definition) is 4. The molecule has 0 radical (unpaired) electrons. The lowest BCUT2D eigenvalue weighted by atomic mass is 10.1. The molecule has 0 aliphatic rings. The van der Waals surface area contributed by atoms with Gasteiger partial charge in [0, 0.05) is 11.6 Å². The number of hydrogen-bond donors (Lipinski definition) is 1. The Labute approximate surface area is 105 Å². The van der Waals surface area contributed by atoms with Crippen LogP contribution in [0.1, 0.15) is 32.4 Å². The second-order valence-corrected chi connectivity index (χ2v) is 3.87. The van der Waals surface area contributed by atoms with E-state index in [1.807, 2.05) is 0 Å². The van der Waals surface area contributed by atoms with Crippen LogP contribution in [0.25, 0.3) is 0 Å². The first-order valence-electron chi connectivity index (χ1n) is 5.76. The monoisotopic (exact) mass is 256 g/mol. The van der Waals surface area contributed by atoms with Gasteiger partial charge in [0.25, 0.3) is 0 Å². The van der Waals surface area contributed by atoms with Crippen LogP contribution in [-0.4, -0.2) is 23.8 Å². The van der Waals surface area contributed by atoms with Crippen LogP contribution in [-0.2, 0) is 9.53 Å². The summed E-state index contributed by atoms with van der Waals surface area (Å²) in [6, 6.07) is 3.79. The lowest BCUT2D eigenvalue weighted by Gasteiger charge is -2.17. The zero-order valence-corrected chi connectivity index (χ0v) is 10.6. The molecule has 100 valence electrons. The van der Waals surface area contributed by atoms with E-state index in [2.05, 4.69) is 0 Å². The van der Waals surface area contributed by atoms with E-state index in [-0.39, 0.29) is 12.4 Å². The van der Waals surface area contributed by atoms with Gasteiger partial charge in [-0.05, 0) is 32.9 Å². The first-order chi connectivity index (χ1) is 8.45. The predicted molar refractivity (Wildman–Crippen MR) is 63.8 cm³/mol. The summed E-state index contributed by atoms with van der Waals surface area (Å²) in [6.07, 6.45) is -1.67. The Hall–Kier alpha value is -1.62. The van der Waals surface area contributed by atoms with Crippen molar-refractivity contribution in [3.8, 4) is 5.75 Å². The Morgan fingerprint density at radius 1 is 1.44 bits per heavy atom. The molecule has 0 aliphatic carbocycles. The molecule has 5 heteroatoms. The second-order valence-electron chi connectivity index (χ2n) is 3.87. The number of rotatable bonds is 5. The molecule has 1 aromatic carbocycles. The highest BCUT2D eigenvalue weighted by Gasteiger charge is 2.19. The summed E-state index contributed by atoms with van der Waals surface area (Å²) in [5, 5.41) is 9.53. The first-order valence-corrected chi connectivity index (χ1v) is 5.76. The molecule has 2 unspecified atom stereocenters. The summed E-state index contributed by atoms with van der Waals surface area (Å²) >= 11 is 0. The topological polar surface area (TPSA) is 55.8 Å². The third-order valence-corrected chi connectivity index (χ3v) is 2.35. The Kier molecular flexibility index (Phi) is 5.09. The van der Waals surface area contributed by atoms with Gasteiger partial charge in [0.15, 0.2) is 6.10 Å². The fraction of sp³-hybridized carbons (Fsp3) is 0.462. The van der Waals surface area contributed by atoms with Crippen molar-refractivity contribution in [3.05, 3.63) is 29.6 Å². The molecule has 0 saturated carbocycles. The molecule has 0 bridgehead atoms. The highest BCUT2D eigenvalue weighted by molar-refractivity contribution is 5.74. The van der Waals surface area contributed by atoms with Crippen molar-refractivity contribution >= 4 is 5.97 Å². The van der Waals surface area contributed by atoms with Crippen LogP contribution in [0, 0.1) is 5.82 Å². The molecule has 4 nitrogen and oxygen atoms in total. The highest BCUT2D eigenvalue weighted by atomic mass is 19.1. The number of aliphatic hydroxyl groups is 1. The molecular weight excluding hydrogens is 239 g/mol. The molecule has 0 fully saturated rings. The molecule has 1 N–H and O–H groups in total. The number of benzene rings is 1. The van der Waals surface area contributed by atoms with E-state index in [1.165, 1.54) is 26.0 Å². The van der Waals surface area contributed by atoms with E-state index in [0.717, 1.165) is 6.07 Å². The Bertz CT molecular complexity index is 417. The van der Waals surface area contributed by atoms with Gasteiger partial charge in [-0.15, -0.1) is 0 Å². The van der Waals surface area contributed by atoms with Crippen molar-refractivity contribution < 1.29 is 23.8 Å². The van der Waals surface area contributed by atoms with Crippen molar-refractivity contribution in [2.75, 3.05) is 6.61 Å². The van der Waals surface area contributed by atoms with Crippen LogP contribution < -0.4 is 4.74 Å². The Morgan fingerprint density at radius 3 is 2.67 bits per heavy atom. The average molecular weight is 256 g/mol. The zero-order chi connectivity index (χ0) is 13.7. The molecule has 1 rings (SSSR count). The molecule has 0 amide bonds. The van der Waals surface area contributed by atoms with E-state index in [9.17, 15) is 14.3 Å². The molecule has 0 spiro atoms. The standard InChI is InChI=1S/C13H17FO4/c1-4-17-13(16)9(3)18-12-7-10(14)5-6-11(12)8(2)15/h5-9,15H,4H2,1-3H3. The van der Waals surface area contributed by atoms with E-state index in [1.54, 1.807) is 6.92 Å². The molecule has 1 aromatic rings. The fourth-order valence-corrected chi connectivity index (χ4v) is 1.45. The van der Waals surface area contributed by atoms with E-state index in [4.69, 9.17) is 9.47 Å². The van der Waals surface area contributed by atoms with Crippen LogP contribution >= 0.6 is 0 Å². The highest BCUT2D eigenvalue weighted by Crippen LogP contribution is 2.27. The van der Waals surface area contributed by atoms with Crippen LogP contribution in [0.2, 0.25) is 0 Å². The number of esters is 1. The van der Waals surface area contributed by atoms with Gasteiger partial charge in [0.2, 0.25) is 0 Å². The molecule has 0 saturated heterocycles. The minimum atomic E-state index is -0.857. The van der Waals surface area contributed by atoms with Gasteiger partial charge >= 0.3 is 5.97 Å². The molecule has 18 heavy (non-hydrogen) atoms. The van der Waals surface area contributed by atoms with Crippen LogP contribution in [0.3, 0.4) is 0 Å². The maximum Gasteiger partial charge on any atom is 0.347 e. The van der Waals surface area contributed by atoms with Gasteiger partial charge < -0.3 is 14.6 Å². The third kappa shape index (κ3) is 3.70. The van der Waals surface area contributed by atoms with Gasteiger partial charge in [0.1, 0.15) is 11.6 Å². The summed E-state index contributed by atoms with van der Waals surface area (Å²) in [5.74, 6) is -0.880.